The maximum Gasteiger partial charge on any atom is 0.410 e. The van der Waals surface area contributed by atoms with E-state index in [2.05, 4.69) is 15.6 Å². The number of sulfonamides is 1. The Morgan fingerprint density at radius 3 is 2.31 bits per heavy atom. The standard InChI is InChI=1S/C19H31N5O4S/c1-19(2,3)28-18(25)24-12-15(13-24)22-17(20-4)21-11-14-7-9-16(10-8-14)29(26,27)23(5)6/h7-10,15H,11-13H2,1-6H3,(H2,20,21,22). The van der Waals surface area contributed by atoms with Crippen LogP contribution in [0.1, 0.15) is 26.3 Å². The van der Waals surface area contributed by atoms with Gasteiger partial charge in [0.2, 0.25) is 10.0 Å². The second-order valence-electron chi connectivity index (χ2n) is 8.08. The summed E-state index contributed by atoms with van der Waals surface area (Å²) in [6.07, 6.45) is -0.314. The van der Waals surface area contributed by atoms with Gasteiger partial charge in [-0.3, -0.25) is 4.99 Å². The highest BCUT2D eigenvalue weighted by Crippen LogP contribution is 2.16. The van der Waals surface area contributed by atoms with Crippen LogP contribution in [0.3, 0.4) is 0 Å². The number of rotatable bonds is 5. The smallest absolute Gasteiger partial charge is 0.410 e. The number of carbonyl (C=O) groups is 1. The van der Waals surface area contributed by atoms with Crippen molar-refractivity contribution in [2.45, 2.75) is 43.9 Å². The molecular formula is C19H31N5O4S. The Bertz CT molecular complexity index is 838. The topological polar surface area (TPSA) is 103 Å². The zero-order valence-corrected chi connectivity index (χ0v) is 18.7. The molecule has 1 aromatic rings. The Morgan fingerprint density at radius 2 is 1.83 bits per heavy atom. The van der Waals surface area contributed by atoms with E-state index < -0.39 is 15.6 Å². The number of likely N-dealkylation sites (tertiary alicyclic amines) is 1. The first-order valence-corrected chi connectivity index (χ1v) is 10.8. The van der Waals surface area contributed by atoms with Crippen LogP contribution >= 0.6 is 0 Å². The Hall–Kier alpha value is -2.33. The first-order valence-electron chi connectivity index (χ1n) is 9.39. The molecule has 2 rings (SSSR count). The minimum atomic E-state index is -3.43. The molecule has 10 heteroatoms. The first-order chi connectivity index (χ1) is 13.4. The number of nitrogens with one attached hydrogen (secondary N) is 2. The first kappa shape index (κ1) is 23.0. The number of hydrogen-bond acceptors (Lipinski definition) is 5. The summed E-state index contributed by atoms with van der Waals surface area (Å²) >= 11 is 0. The quantitative estimate of drug-likeness (QED) is 0.543. The highest BCUT2D eigenvalue weighted by Gasteiger charge is 2.34. The van der Waals surface area contributed by atoms with E-state index in [9.17, 15) is 13.2 Å². The summed E-state index contributed by atoms with van der Waals surface area (Å²) in [7, 11) is 1.25. The number of guanidine groups is 1. The van der Waals surface area contributed by atoms with Crippen LogP contribution in [0.5, 0.6) is 0 Å². The zero-order valence-electron chi connectivity index (χ0n) is 17.9. The normalized spacial score (nSPS) is 15.8. The van der Waals surface area contributed by atoms with Crippen molar-refractivity contribution in [1.29, 1.82) is 0 Å². The Balaban J connectivity index is 1.81. The van der Waals surface area contributed by atoms with E-state index in [4.69, 9.17) is 4.74 Å². The predicted molar refractivity (Wildman–Crippen MR) is 112 cm³/mol. The zero-order chi connectivity index (χ0) is 21.8. The highest BCUT2D eigenvalue weighted by molar-refractivity contribution is 7.89. The molecule has 0 aromatic heterocycles. The molecule has 29 heavy (non-hydrogen) atoms. The molecule has 0 aliphatic carbocycles. The lowest BCUT2D eigenvalue weighted by Gasteiger charge is -2.40. The fraction of sp³-hybridized carbons (Fsp3) is 0.579. The van der Waals surface area contributed by atoms with Gasteiger partial charge < -0.3 is 20.3 Å². The van der Waals surface area contributed by atoms with Crippen molar-refractivity contribution in [2.75, 3.05) is 34.2 Å². The van der Waals surface area contributed by atoms with Crippen LogP contribution < -0.4 is 10.6 Å². The van der Waals surface area contributed by atoms with E-state index in [0.29, 0.717) is 25.6 Å². The number of carbonyl (C=O) groups excluding carboxylic acids is 1. The van der Waals surface area contributed by atoms with E-state index in [0.717, 1.165) is 5.56 Å². The Labute approximate surface area is 173 Å². The average Bonchev–Trinajstić information content (AvgIpc) is 2.58. The third kappa shape index (κ3) is 6.33. The number of amides is 1. The lowest BCUT2D eigenvalue weighted by molar-refractivity contribution is 0.00701. The summed E-state index contributed by atoms with van der Waals surface area (Å²) in [4.78, 5) is 18.1. The molecule has 0 unspecified atom stereocenters. The van der Waals surface area contributed by atoms with E-state index in [-0.39, 0.29) is 17.0 Å². The molecule has 0 saturated carbocycles. The van der Waals surface area contributed by atoms with Gasteiger partial charge in [0, 0.05) is 40.8 Å². The van der Waals surface area contributed by atoms with Crippen LogP contribution in [0.4, 0.5) is 4.79 Å². The van der Waals surface area contributed by atoms with Crippen LogP contribution in [0, 0.1) is 0 Å². The molecule has 1 amide bonds. The molecule has 1 aromatic carbocycles. The van der Waals surface area contributed by atoms with Crippen LogP contribution in [0.25, 0.3) is 0 Å². The third-order valence-corrected chi connectivity index (χ3v) is 6.09. The maximum absolute atomic E-state index is 12.1. The highest BCUT2D eigenvalue weighted by atomic mass is 32.2. The third-order valence-electron chi connectivity index (χ3n) is 4.26. The van der Waals surface area contributed by atoms with Crippen molar-refractivity contribution >= 4 is 22.1 Å². The molecule has 0 spiro atoms. The molecule has 1 aliphatic heterocycles. The summed E-state index contributed by atoms with van der Waals surface area (Å²) in [5, 5.41) is 6.45. The van der Waals surface area contributed by atoms with Gasteiger partial charge in [0.15, 0.2) is 5.96 Å². The molecular weight excluding hydrogens is 394 g/mol. The minimum Gasteiger partial charge on any atom is -0.444 e. The number of benzene rings is 1. The second kappa shape index (κ2) is 9.00. The minimum absolute atomic E-state index is 0.0985. The van der Waals surface area contributed by atoms with Crippen molar-refractivity contribution in [3.63, 3.8) is 0 Å². The van der Waals surface area contributed by atoms with Crippen molar-refractivity contribution in [1.82, 2.24) is 19.8 Å². The Morgan fingerprint density at radius 1 is 1.24 bits per heavy atom. The molecule has 1 aliphatic rings. The summed E-state index contributed by atoms with van der Waals surface area (Å²) in [5.41, 5.74) is 0.420. The summed E-state index contributed by atoms with van der Waals surface area (Å²) < 4.78 is 30.8. The molecule has 0 radical (unpaired) electrons. The SMILES string of the molecule is CN=C(NCc1ccc(S(=O)(=O)N(C)C)cc1)NC1CN(C(=O)OC(C)(C)C)C1. The monoisotopic (exact) mass is 425 g/mol. The fourth-order valence-electron chi connectivity index (χ4n) is 2.61. The molecule has 2 N–H and O–H groups in total. The molecule has 1 saturated heterocycles. The summed E-state index contributed by atoms with van der Waals surface area (Å²) in [6, 6.07) is 6.82. The van der Waals surface area contributed by atoms with Gasteiger partial charge >= 0.3 is 6.09 Å². The molecule has 9 nitrogen and oxygen atoms in total. The molecule has 0 bridgehead atoms. The number of hydrogen-bond donors (Lipinski definition) is 2. The van der Waals surface area contributed by atoms with E-state index >= 15 is 0 Å². The molecule has 1 heterocycles. The van der Waals surface area contributed by atoms with Crippen LogP contribution in [0.2, 0.25) is 0 Å². The van der Waals surface area contributed by atoms with Crippen molar-refractivity contribution in [2.24, 2.45) is 4.99 Å². The van der Waals surface area contributed by atoms with Gasteiger partial charge in [-0.15, -0.1) is 0 Å². The summed E-state index contributed by atoms with van der Waals surface area (Å²) in [5.74, 6) is 0.615. The van der Waals surface area contributed by atoms with Crippen molar-refractivity contribution in [3.8, 4) is 0 Å². The van der Waals surface area contributed by atoms with Crippen molar-refractivity contribution < 1.29 is 17.9 Å². The van der Waals surface area contributed by atoms with Gasteiger partial charge in [-0.05, 0) is 38.5 Å². The molecule has 0 atom stereocenters. The van der Waals surface area contributed by atoms with Crippen LogP contribution in [-0.2, 0) is 21.3 Å². The maximum atomic E-state index is 12.1. The van der Waals surface area contributed by atoms with E-state index in [1.165, 1.54) is 18.4 Å². The van der Waals surface area contributed by atoms with Gasteiger partial charge in [0.25, 0.3) is 0 Å². The lowest BCUT2D eigenvalue weighted by Crippen LogP contribution is -2.63. The molecule has 162 valence electrons. The fourth-order valence-corrected chi connectivity index (χ4v) is 3.51. The number of nitrogens with zero attached hydrogens (tertiary/aromatic N) is 3. The van der Waals surface area contributed by atoms with Crippen molar-refractivity contribution in [3.05, 3.63) is 29.8 Å². The average molecular weight is 426 g/mol. The Kier molecular flexibility index (Phi) is 7.12. The largest absolute Gasteiger partial charge is 0.444 e. The van der Waals surface area contributed by atoms with E-state index in [1.807, 2.05) is 20.8 Å². The second-order valence-corrected chi connectivity index (χ2v) is 10.2. The predicted octanol–water partition coefficient (Wildman–Crippen LogP) is 1.22. The van der Waals surface area contributed by atoms with Crippen LogP contribution in [0.15, 0.2) is 34.2 Å². The lowest BCUT2D eigenvalue weighted by atomic mass is 10.1. The van der Waals surface area contributed by atoms with Gasteiger partial charge in [-0.1, -0.05) is 12.1 Å². The van der Waals surface area contributed by atoms with Gasteiger partial charge in [0.05, 0.1) is 10.9 Å². The molecule has 1 fully saturated rings. The van der Waals surface area contributed by atoms with Crippen LogP contribution in [-0.4, -0.2) is 75.6 Å². The van der Waals surface area contributed by atoms with E-state index in [1.54, 1.807) is 36.2 Å². The number of ether oxygens (including phenoxy) is 1. The van der Waals surface area contributed by atoms with Gasteiger partial charge in [-0.25, -0.2) is 17.5 Å². The van der Waals surface area contributed by atoms with Gasteiger partial charge in [-0.2, -0.15) is 0 Å². The number of aliphatic imine (C=N–C) groups is 1. The summed E-state index contributed by atoms with van der Waals surface area (Å²) in [6.45, 7) is 7.11. The van der Waals surface area contributed by atoms with Gasteiger partial charge in [0.1, 0.15) is 5.60 Å².